The van der Waals surface area contributed by atoms with Gasteiger partial charge in [-0.05, 0) is 30.3 Å². The summed E-state index contributed by atoms with van der Waals surface area (Å²) >= 11 is 0. The van der Waals surface area contributed by atoms with E-state index in [9.17, 15) is 17.2 Å². The Balaban J connectivity index is 2.34. The number of rotatable bonds is 3. The Labute approximate surface area is 102 Å². The fourth-order valence-corrected chi connectivity index (χ4v) is 2.35. The summed E-state index contributed by atoms with van der Waals surface area (Å²) in [6, 6.07) is 5.26. The van der Waals surface area contributed by atoms with Gasteiger partial charge in [-0.15, -0.1) is 0 Å². The molecule has 0 fully saturated rings. The van der Waals surface area contributed by atoms with E-state index in [4.69, 9.17) is 0 Å². The third-order valence-electron chi connectivity index (χ3n) is 2.13. The van der Waals surface area contributed by atoms with Crippen LogP contribution in [0, 0.1) is 11.6 Å². The predicted octanol–water partition coefficient (Wildman–Crippen LogP) is 2.16. The molecule has 1 N–H and O–H groups in total. The first-order valence-electron chi connectivity index (χ1n) is 4.87. The number of nitrogens with one attached hydrogen (secondary N) is 1. The monoisotopic (exact) mass is 270 g/mol. The molecular formula is C11H8F2N2O2S. The summed E-state index contributed by atoms with van der Waals surface area (Å²) in [6.45, 7) is 0. The van der Waals surface area contributed by atoms with E-state index in [-0.39, 0.29) is 10.6 Å². The molecule has 2 aromatic rings. The van der Waals surface area contributed by atoms with E-state index in [1.54, 1.807) is 0 Å². The predicted molar refractivity (Wildman–Crippen MR) is 61.4 cm³/mol. The Bertz CT molecular complexity index is 660. The molecule has 0 unspecified atom stereocenters. The largest absolute Gasteiger partial charge is 0.280 e. The number of halogens is 2. The Kier molecular flexibility index (Phi) is 3.24. The summed E-state index contributed by atoms with van der Waals surface area (Å²) in [5.41, 5.74) is 0.287. The molecule has 0 amide bonds. The summed E-state index contributed by atoms with van der Waals surface area (Å²) in [7, 11) is -3.94. The van der Waals surface area contributed by atoms with Crippen LogP contribution in [-0.4, -0.2) is 13.4 Å². The van der Waals surface area contributed by atoms with Crippen molar-refractivity contribution in [2.45, 2.75) is 4.90 Å². The smallest absolute Gasteiger partial charge is 0.262 e. The lowest BCUT2D eigenvalue weighted by Gasteiger charge is -2.07. The molecule has 0 aliphatic carbocycles. The molecule has 2 rings (SSSR count). The van der Waals surface area contributed by atoms with Gasteiger partial charge in [-0.3, -0.25) is 9.71 Å². The average Bonchev–Trinajstić information content (AvgIpc) is 2.33. The standard InChI is InChI=1S/C11H8F2N2O2S/c12-10-2-1-9(7-11(10)13)18(16,17)15-8-3-5-14-6-4-8/h1-7H,(H,14,15). The SMILES string of the molecule is O=S(=O)(Nc1ccncc1)c1ccc(F)c(F)c1. The number of benzene rings is 1. The summed E-state index contributed by atoms with van der Waals surface area (Å²) < 4.78 is 51.6. The highest BCUT2D eigenvalue weighted by Crippen LogP contribution is 2.17. The highest BCUT2D eigenvalue weighted by Gasteiger charge is 2.16. The Morgan fingerprint density at radius 1 is 1.00 bits per heavy atom. The average molecular weight is 270 g/mol. The minimum atomic E-state index is -3.94. The van der Waals surface area contributed by atoms with Crippen molar-refractivity contribution in [2.75, 3.05) is 4.72 Å². The fraction of sp³-hybridized carbons (Fsp3) is 0. The lowest BCUT2D eigenvalue weighted by molar-refractivity contribution is 0.504. The highest BCUT2D eigenvalue weighted by atomic mass is 32.2. The summed E-state index contributed by atoms with van der Waals surface area (Å²) in [5, 5.41) is 0. The Morgan fingerprint density at radius 2 is 1.67 bits per heavy atom. The van der Waals surface area contributed by atoms with E-state index >= 15 is 0 Å². The zero-order chi connectivity index (χ0) is 13.2. The second kappa shape index (κ2) is 4.69. The third kappa shape index (κ3) is 2.62. The van der Waals surface area contributed by atoms with Gasteiger partial charge in [0.1, 0.15) is 0 Å². The molecule has 0 spiro atoms. The molecule has 0 saturated carbocycles. The van der Waals surface area contributed by atoms with Crippen LogP contribution in [0.15, 0.2) is 47.6 Å². The molecule has 4 nitrogen and oxygen atoms in total. The van der Waals surface area contributed by atoms with Crippen molar-refractivity contribution in [3.05, 3.63) is 54.4 Å². The number of pyridine rings is 1. The van der Waals surface area contributed by atoms with E-state index in [0.29, 0.717) is 6.07 Å². The van der Waals surface area contributed by atoms with Gasteiger partial charge in [-0.2, -0.15) is 0 Å². The maximum absolute atomic E-state index is 13.0. The van der Waals surface area contributed by atoms with Crippen LogP contribution in [0.2, 0.25) is 0 Å². The maximum atomic E-state index is 13.0. The normalized spacial score (nSPS) is 11.2. The summed E-state index contributed by atoms with van der Waals surface area (Å²) in [4.78, 5) is 3.38. The summed E-state index contributed by atoms with van der Waals surface area (Å²) in [5.74, 6) is -2.31. The molecule has 7 heteroatoms. The molecule has 1 heterocycles. The molecule has 1 aromatic heterocycles. The minimum Gasteiger partial charge on any atom is -0.280 e. The second-order valence-electron chi connectivity index (χ2n) is 3.42. The van der Waals surface area contributed by atoms with Crippen molar-refractivity contribution in [1.82, 2.24) is 4.98 Å². The molecule has 0 radical (unpaired) electrons. The van der Waals surface area contributed by atoms with E-state index in [0.717, 1.165) is 12.1 Å². The zero-order valence-corrected chi connectivity index (χ0v) is 9.79. The van der Waals surface area contributed by atoms with Crippen molar-refractivity contribution in [3.63, 3.8) is 0 Å². The maximum Gasteiger partial charge on any atom is 0.262 e. The van der Waals surface area contributed by atoms with Crippen molar-refractivity contribution in [1.29, 1.82) is 0 Å². The molecular weight excluding hydrogens is 262 g/mol. The second-order valence-corrected chi connectivity index (χ2v) is 5.10. The lowest BCUT2D eigenvalue weighted by Crippen LogP contribution is -2.13. The molecule has 18 heavy (non-hydrogen) atoms. The Morgan fingerprint density at radius 3 is 2.28 bits per heavy atom. The first kappa shape index (κ1) is 12.4. The van der Waals surface area contributed by atoms with Crippen LogP contribution in [0.1, 0.15) is 0 Å². The van der Waals surface area contributed by atoms with Crippen LogP contribution in [0.5, 0.6) is 0 Å². The van der Waals surface area contributed by atoms with Crippen LogP contribution in [0.25, 0.3) is 0 Å². The van der Waals surface area contributed by atoms with Crippen LogP contribution in [0.4, 0.5) is 14.5 Å². The lowest BCUT2D eigenvalue weighted by atomic mass is 10.3. The van der Waals surface area contributed by atoms with Gasteiger partial charge in [0.2, 0.25) is 0 Å². The van der Waals surface area contributed by atoms with Gasteiger partial charge >= 0.3 is 0 Å². The summed E-state index contributed by atoms with van der Waals surface area (Å²) in [6.07, 6.45) is 2.81. The van der Waals surface area contributed by atoms with E-state index in [1.165, 1.54) is 24.5 Å². The number of hydrogen-bond acceptors (Lipinski definition) is 3. The topological polar surface area (TPSA) is 59.1 Å². The molecule has 94 valence electrons. The van der Waals surface area contributed by atoms with Gasteiger partial charge < -0.3 is 0 Å². The first-order valence-corrected chi connectivity index (χ1v) is 6.35. The molecule has 1 aromatic carbocycles. The van der Waals surface area contributed by atoms with E-state index in [2.05, 4.69) is 9.71 Å². The molecule has 0 aliphatic rings. The van der Waals surface area contributed by atoms with Crippen molar-refractivity contribution < 1.29 is 17.2 Å². The molecule has 0 atom stereocenters. The number of sulfonamides is 1. The fourth-order valence-electron chi connectivity index (χ4n) is 1.28. The van der Waals surface area contributed by atoms with Crippen LogP contribution >= 0.6 is 0 Å². The van der Waals surface area contributed by atoms with E-state index in [1.807, 2.05) is 0 Å². The molecule has 0 bridgehead atoms. The van der Waals surface area contributed by atoms with Gasteiger partial charge in [-0.1, -0.05) is 0 Å². The minimum absolute atomic E-state index is 0.287. The Hall–Kier alpha value is -2.02. The van der Waals surface area contributed by atoms with Crippen LogP contribution < -0.4 is 4.72 Å². The van der Waals surface area contributed by atoms with Crippen molar-refractivity contribution >= 4 is 15.7 Å². The number of nitrogens with zero attached hydrogens (tertiary/aromatic N) is 1. The van der Waals surface area contributed by atoms with Gasteiger partial charge in [0.25, 0.3) is 10.0 Å². The number of hydrogen-bond donors (Lipinski definition) is 1. The van der Waals surface area contributed by atoms with Crippen molar-refractivity contribution in [2.24, 2.45) is 0 Å². The third-order valence-corrected chi connectivity index (χ3v) is 3.51. The van der Waals surface area contributed by atoms with Gasteiger partial charge in [0.15, 0.2) is 11.6 Å². The van der Waals surface area contributed by atoms with Gasteiger partial charge in [-0.25, -0.2) is 17.2 Å². The quantitative estimate of drug-likeness (QED) is 0.929. The number of aromatic nitrogens is 1. The molecule has 0 aliphatic heterocycles. The van der Waals surface area contributed by atoms with Gasteiger partial charge in [0.05, 0.1) is 10.6 Å². The van der Waals surface area contributed by atoms with Gasteiger partial charge in [0, 0.05) is 12.4 Å². The van der Waals surface area contributed by atoms with Crippen molar-refractivity contribution in [3.8, 4) is 0 Å². The first-order chi connectivity index (χ1) is 8.49. The highest BCUT2D eigenvalue weighted by molar-refractivity contribution is 7.92. The van der Waals surface area contributed by atoms with Crippen LogP contribution in [0.3, 0.4) is 0 Å². The van der Waals surface area contributed by atoms with Crippen LogP contribution in [-0.2, 0) is 10.0 Å². The molecule has 0 saturated heterocycles. The zero-order valence-electron chi connectivity index (χ0n) is 8.97. The number of anilines is 1. The van der Waals surface area contributed by atoms with E-state index < -0.39 is 21.7 Å².